The minimum Gasteiger partial charge on any atom is -0.276 e. The highest BCUT2D eigenvalue weighted by Gasteiger charge is 2.37. The molecule has 2 rings (SSSR count). The predicted octanol–water partition coefficient (Wildman–Crippen LogP) is 4.81. The van der Waals surface area contributed by atoms with E-state index in [9.17, 15) is 0 Å². The minimum atomic E-state index is 0.360. The molecular formula is C17H29ClN2. The Morgan fingerprint density at radius 2 is 2.00 bits per heavy atom. The highest BCUT2D eigenvalue weighted by atomic mass is 35.5. The van der Waals surface area contributed by atoms with E-state index in [0.717, 1.165) is 18.2 Å². The van der Waals surface area contributed by atoms with Gasteiger partial charge in [-0.05, 0) is 60.8 Å². The van der Waals surface area contributed by atoms with Crippen molar-refractivity contribution in [2.45, 2.75) is 59.3 Å². The Morgan fingerprint density at radius 1 is 1.35 bits per heavy atom. The average molecular weight is 297 g/mol. The van der Waals surface area contributed by atoms with Crippen molar-refractivity contribution in [3.05, 3.63) is 18.0 Å². The van der Waals surface area contributed by atoms with E-state index in [1.807, 2.05) is 17.9 Å². The summed E-state index contributed by atoms with van der Waals surface area (Å²) in [5.41, 5.74) is 2.15. The van der Waals surface area contributed by atoms with Crippen molar-refractivity contribution in [3.8, 4) is 0 Å². The summed E-state index contributed by atoms with van der Waals surface area (Å²) < 4.78 is 1.89. The van der Waals surface area contributed by atoms with Gasteiger partial charge in [-0.1, -0.05) is 20.8 Å². The van der Waals surface area contributed by atoms with E-state index in [1.165, 1.54) is 37.7 Å². The van der Waals surface area contributed by atoms with Crippen molar-refractivity contribution >= 4 is 11.6 Å². The lowest BCUT2D eigenvalue weighted by Gasteiger charge is -2.43. The van der Waals surface area contributed by atoms with Crippen molar-refractivity contribution in [2.75, 3.05) is 5.88 Å². The van der Waals surface area contributed by atoms with Gasteiger partial charge in [-0.15, -0.1) is 11.6 Å². The zero-order chi connectivity index (χ0) is 14.8. The Bertz CT molecular complexity index is 422. The van der Waals surface area contributed by atoms with Crippen LogP contribution in [0, 0.1) is 16.7 Å². The Kier molecular flexibility index (Phi) is 4.84. The van der Waals surface area contributed by atoms with Crippen LogP contribution in [0.1, 0.15) is 58.4 Å². The SMILES string of the molecule is Cn1cc(CCC2(CCl)CCC(C(C)(C)C)CC2)cn1. The van der Waals surface area contributed by atoms with Crippen molar-refractivity contribution in [3.63, 3.8) is 0 Å². The van der Waals surface area contributed by atoms with Gasteiger partial charge in [0.05, 0.1) is 6.20 Å². The van der Waals surface area contributed by atoms with Crippen LogP contribution in [0.25, 0.3) is 0 Å². The Morgan fingerprint density at radius 3 is 2.45 bits per heavy atom. The Balaban J connectivity index is 1.91. The number of aromatic nitrogens is 2. The highest BCUT2D eigenvalue weighted by Crippen LogP contribution is 2.47. The summed E-state index contributed by atoms with van der Waals surface area (Å²) >= 11 is 6.35. The predicted molar refractivity (Wildman–Crippen MR) is 86.1 cm³/mol. The fourth-order valence-corrected chi connectivity index (χ4v) is 3.96. The molecule has 1 heterocycles. The normalized spacial score (nSPS) is 27.8. The van der Waals surface area contributed by atoms with Crippen LogP contribution in [0.4, 0.5) is 0 Å². The standard InChI is InChI=1S/C17H29ClN2/c1-16(2,3)15-6-9-17(13-18,10-7-15)8-5-14-11-19-20(4)12-14/h11-12,15H,5-10,13H2,1-4H3. The Labute approximate surface area is 128 Å². The topological polar surface area (TPSA) is 17.8 Å². The number of aryl methyl sites for hydroxylation is 2. The molecule has 0 radical (unpaired) electrons. The molecule has 0 bridgehead atoms. The molecule has 0 spiro atoms. The van der Waals surface area contributed by atoms with Gasteiger partial charge in [0.15, 0.2) is 0 Å². The van der Waals surface area contributed by atoms with Gasteiger partial charge in [0.25, 0.3) is 0 Å². The third-order valence-corrected chi connectivity index (χ3v) is 5.82. The van der Waals surface area contributed by atoms with Crippen LogP contribution in [-0.2, 0) is 13.5 Å². The number of hydrogen-bond acceptors (Lipinski definition) is 1. The summed E-state index contributed by atoms with van der Waals surface area (Å²) in [6, 6.07) is 0. The first-order valence-electron chi connectivity index (χ1n) is 7.88. The van der Waals surface area contributed by atoms with Crippen molar-refractivity contribution < 1.29 is 0 Å². The van der Waals surface area contributed by atoms with E-state index in [-0.39, 0.29) is 0 Å². The number of halogens is 1. The molecule has 0 aliphatic heterocycles. The van der Waals surface area contributed by atoms with E-state index in [0.29, 0.717) is 10.8 Å². The van der Waals surface area contributed by atoms with E-state index in [4.69, 9.17) is 11.6 Å². The van der Waals surface area contributed by atoms with Crippen LogP contribution in [0.5, 0.6) is 0 Å². The molecule has 0 atom stereocenters. The maximum absolute atomic E-state index is 6.35. The second kappa shape index (κ2) is 6.09. The molecule has 1 aromatic heterocycles. The molecule has 114 valence electrons. The molecule has 20 heavy (non-hydrogen) atoms. The average Bonchev–Trinajstić information content (AvgIpc) is 2.82. The molecule has 1 saturated carbocycles. The number of hydrogen-bond donors (Lipinski definition) is 0. The lowest BCUT2D eigenvalue weighted by Crippen LogP contribution is -2.34. The summed E-state index contributed by atoms with van der Waals surface area (Å²) in [5, 5.41) is 4.26. The van der Waals surface area contributed by atoms with Crippen LogP contribution < -0.4 is 0 Å². The zero-order valence-corrected chi connectivity index (χ0v) is 14.2. The molecule has 2 nitrogen and oxygen atoms in total. The van der Waals surface area contributed by atoms with Crippen LogP contribution >= 0.6 is 11.6 Å². The van der Waals surface area contributed by atoms with Crippen LogP contribution in [0.2, 0.25) is 0 Å². The highest BCUT2D eigenvalue weighted by molar-refractivity contribution is 6.18. The summed E-state index contributed by atoms with van der Waals surface area (Å²) in [6.45, 7) is 7.13. The number of rotatable bonds is 4. The van der Waals surface area contributed by atoms with Gasteiger partial charge in [0.1, 0.15) is 0 Å². The molecular weight excluding hydrogens is 268 g/mol. The van der Waals surface area contributed by atoms with Crippen LogP contribution in [0.3, 0.4) is 0 Å². The fourth-order valence-electron chi connectivity index (χ4n) is 3.56. The summed E-state index contributed by atoms with van der Waals surface area (Å²) in [6.07, 6.45) is 11.7. The molecule has 0 amide bonds. The monoisotopic (exact) mass is 296 g/mol. The zero-order valence-electron chi connectivity index (χ0n) is 13.5. The van der Waals surface area contributed by atoms with E-state index in [2.05, 4.69) is 32.1 Å². The molecule has 1 aliphatic carbocycles. The van der Waals surface area contributed by atoms with E-state index < -0.39 is 0 Å². The van der Waals surface area contributed by atoms with Gasteiger partial charge in [0, 0.05) is 19.1 Å². The number of nitrogens with zero attached hydrogens (tertiary/aromatic N) is 2. The second-order valence-corrected chi connectivity index (χ2v) is 8.06. The molecule has 0 unspecified atom stereocenters. The van der Waals surface area contributed by atoms with Gasteiger partial charge < -0.3 is 0 Å². The maximum atomic E-state index is 6.35. The van der Waals surface area contributed by atoms with Crippen LogP contribution in [0.15, 0.2) is 12.4 Å². The van der Waals surface area contributed by atoms with E-state index >= 15 is 0 Å². The fraction of sp³-hybridized carbons (Fsp3) is 0.824. The van der Waals surface area contributed by atoms with Crippen molar-refractivity contribution in [1.82, 2.24) is 9.78 Å². The summed E-state index contributed by atoms with van der Waals surface area (Å²) in [5.74, 6) is 1.67. The lowest BCUT2D eigenvalue weighted by atomic mass is 9.63. The second-order valence-electron chi connectivity index (χ2n) is 7.80. The molecule has 0 aromatic carbocycles. The van der Waals surface area contributed by atoms with E-state index in [1.54, 1.807) is 0 Å². The number of alkyl halides is 1. The maximum Gasteiger partial charge on any atom is 0.0521 e. The largest absolute Gasteiger partial charge is 0.276 e. The van der Waals surface area contributed by atoms with Crippen LogP contribution in [-0.4, -0.2) is 15.7 Å². The minimum absolute atomic E-state index is 0.360. The quantitative estimate of drug-likeness (QED) is 0.729. The third-order valence-electron chi connectivity index (χ3n) is 5.26. The first kappa shape index (κ1) is 15.9. The molecule has 0 N–H and O–H groups in total. The summed E-state index contributed by atoms with van der Waals surface area (Å²) in [4.78, 5) is 0. The van der Waals surface area contributed by atoms with Crippen molar-refractivity contribution in [2.24, 2.45) is 23.8 Å². The first-order chi connectivity index (χ1) is 9.35. The molecule has 1 aromatic rings. The summed E-state index contributed by atoms with van der Waals surface area (Å²) in [7, 11) is 1.98. The molecule has 3 heteroatoms. The first-order valence-corrected chi connectivity index (χ1v) is 8.42. The smallest absolute Gasteiger partial charge is 0.0521 e. The Hall–Kier alpha value is -0.500. The lowest BCUT2D eigenvalue weighted by molar-refractivity contribution is 0.0959. The molecule has 1 aliphatic rings. The van der Waals surface area contributed by atoms with Gasteiger partial charge in [-0.3, -0.25) is 4.68 Å². The molecule has 0 saturated heterocycles. The third kappa shape index (κ3) is 3.78. The van der Waals surface area contributed by atoms with Gasteiger partial charge in [-0.25, -0.2) is 0 Å². The van der Waals surface area contributed by atoms with Gasteiger partial charge >= 0.3 is 0 Å². The molecule has 1 fully saturated rings. The van der Waals surface area contributed by atoms with Crippen molar-refractivity contribution in [1.29, 1.82) is 0 Å². The van der Waals surface area contributed by atoms with Gasteiger partial charge in [0.2, 0.25) is 0 Å². The van der Waals surface area contributed by atoms with Gasteiger partial charge in [-0.2, -0.15) is 5.10 Å².